The molecule has 0 aromatic rings. The van der Waals surface area contributed by atoms with Gasteiger partial charge < -0.3 is 21.1 Å². The molecule has 0 saturated heterocycles. The van der Waals surface area contributed by atoms with Crippen molar-refractivity contribution in [3.63, 3.8) is 0 Å². The monoisotopic (exact) mass is 192 g/mol. The van der Waals surface area contributed by atoms with E-state index in [2.05, 4.69) is 5.32 Å². The summed E-state index contributed by atoms with van der Waals surface area (Å²) in [6.45, 7) is 1.72. The van der Waals surface area contributed by atoms with E-state index in [0.29, 0.717) is 19.4 Å². The third-order valence-corrected chi connectivity index (χ3v) is 1.89. The van der Waals surface area contributed by atoms with Crippen LogP contribution in [0, 0.1) is 0 Å². The molecule has 0 aromatic carbocycles. The summed E-state index contributed by atoms with van der Waals surface area (Å²) in [5.41, 5.74) is 4.44. The Balaban J connectivity index is 3.79. The summed E-state index contributed by atoms with van der Waals surface area (Å²) in [4.78, 5) is 0. The van der Waals surface area contributed by atoms with Gasteiger partial charge in [0, 0.05) is 0 Å². The predicted molar refractivity (Wildman–Crippen MR) is 50.0 cm³/mol. The zero-order valence-electron chi connectivity index (χ0n) is 8.03. The largest absolute Gasteiger partial charge is 0.394 e. The van der Waals surface area contributed by atoms with E-state index in [1.165, 1.54) is 0 Å². The molecule has 0 aliphatic rings. The van der Waals surface area contributed by atoms with Crippen LogP contribution in [0.2, 0.25) is 0 Å². The number of rotatable bonds is 7. The molecule has 0 saturated carbocycles. The minimum absolute atomic E-state index is 0.219. The van der Waals surface area contributed by atoms with Gasteiger partial charge >= 0.3 is 0 Å². The molecule has 80 valence electrons. The molecule has 0 aliphatic heterocycles. The molecule has 5 heteroatoms. The highest BCUT2D eigenvalue weighted by molar-refractivity contribution is 4.82. The van der Waals surface area contributed by atoms with Crippen LogP contribution in [0.1, 0.15) is 19.8 Å². The third kappa shape index (κ3) is 5.17. The minimum Gasteiger partial charge on any atom is -0.394 e. The number of hydrogen-bond donors (Lipinski definition) is 5. The lowest BCUT2D eigenvalue weighted by molar-refractivity contribution is 0.0308. The van der Waals surface area contributed by atoms with Crippen LogP contribution in [0.25, 0.3) is 0 Å². The summed E-state index contributed by atoms with van der Waals surface area (Å²) < 4.78 is 0. The second-order valence-corrected chi connectivity index (χ2v) is 3.47. The third-order valence-electron chi connectivity index (χ3n) is 1.89. The number of aliphatic hydroxyl groups is 3. The number of nitrogens with two attached hydrogens (primary N) is 1. The summed E-state index contributed by atoms with van der Waals surface area (Å²) in [5.74, 6) is 0. The molecule has 1 unspecified atom stereocenters. The number of aliphatic hydroxyl groups excluding tert-OH is 3. The molecule has 0 rings (SSSR count). The Kier molecular flexibility index (Phi) is 6.19. The second-order valence-electron chi connectivity index (χ2n) is 3.47. The topological polar surface area (TPSA) is 98.7 Å². The van der Waals surface area contributed by atoms with Gasteiger partial charge in [-0.05, 0) is 26.3 Å². The molecular weight excluding hydrogens is 172 g/mol. The van der Waals surface area contributed by atoms with E-state index in [1.54, 1.807) is 6.92 Å². The number of hydrogen-bond acceptors (Lipinski definition) is 5. The number of nitrogens with one attached hydrogen (secondary N) is 1. The van der Waals surface area contributed by atoms with E-state index in [9.17, 15) is 5.11 Å². The maximum Gasteiger partial charge on any atom is 0.105 e. The van der Waals surface area contributed by atoms with E-state index < -0.39 is 11.8 Å². The summed E-state index contributed by atoms with van der Waals surface area (Å²) in [6.07, 6.45) is 0.501. The van der Waals surface area contributed by atoms with Crippen molar-refractivity contribution >= 4 is 0 Å². The Morgan fingerprint density at radius 3 is 2.31 bits per heavy atom. The standard InChI is InChI=1S/C8H20N2O3/c1-8(5-11,6-12)10-7(13)3-2-4-9/h7,10-13H,2-6,9H2,1H3. The molecule has 0 bridgehead atoms. The van der Waals surface area contributed by atoms with Crippen molar-refractivity contribution in [1.82, 2.24) is 5.32 Å². The van der Waals surface area contributed by atoms with Gasteiger partial charge in [-0.3, -0.25) is 5.32 Å². The first-order chi connectivity index (χ1) is 6.08. The van der Waals surface area contributed by atoms with E-state index >= 15 is 0 Å². The van der Waals surface area contributed by atoms with Crippen LogP contribution in [0.4, 0.5) is 0 Å². The zero-order valence-corrected chi connectivity index (χ0v) is 8.03. The van der Waals surface area contributed by atoms with E-state index in [1.807, 2.05) is 0 Å². The van der Waals surface area contributed by atoms with E-state index in [4.69, 9.17) is 15.9 Å². The van der Waals surface area contributed by atoms with Gasteiger partial charge in [0.25, 0.3) is 0 Å². The van der Waals surface area contributed by atoms with Gasteiger partial charge in [-0.25, -0.2) is 0 Å². The highest BCUT2D eigenvalue weighted by Gasteiger charge is 2.24. The van der Waals surface area contributed by atoms with Crippen LogP contribution in [0.5, 0.6) is 0 Å². The fraction of sp³-hybridized carbons (Fsp3) is 1.00. The average Bonchev–Trinajstić information content (AvgIpc) is 2.14. The van der Waals surface area contributed by atoms with Crippen molar-refractivity contribution in [3.8, 4) is 0 Å². The van der Waals surface area contributed by atoms with Crippen LogP contribution in [0.15, 0.2) is 0 Å². The molecular formula is C8H20N2O3. The van der Waals surface area contributed by atoms with Crippen LogP contribution in [-0.2, 0) is 0 Å². The first kappa shape index (κ1) is 12.8. The minimum atomic E-state index is -0.825. The molecule has 5 nitrogen and oxygen atoms in total. The molecule has 13 heavy (non-hydrogen) atoms. The molecule has 0 aromatic heterocycles. The smallest absolute Gasteiger partial charge is 0.105 e. The van der Waals surface area contributed by atoms with Crippen molar-refractivity contribution in [1.29, 1.82) is 0 Å². The lowest BCUT2D eigenvalue weighted by Gasteiger charge is -2.29. The molecule has 0 spiro atoms. The van der Waals surface area contributed by atoms with Gasteiger partial charge in [0.2, 0.25) is 0 Å². The van der Waals surface area contributed by atoms with E-state index in [-0.39, 0.29) is 13.2 Å². The van der Waals surface area contributed by atoms with Gasteiger partial charge in [0.05, 0.1) is 18.8 Å². The second kappa shape index (κ2) is 6.28. The molecule has 0 radical (unpaired) electrons. The molecule has 0 heterocycles. The normalized spacial score (nSPS) is 14.5. The predicted octanol–water partition coefficient (Wildman–Crippen LogP) is -1.62. The first-order valence-electron chi connectivity index (χ1n) is 4.45. The Morgan fingerprint density at radius 2 is 1.92 bits per heavy atom. The molecule has 6 N–H and O–H groups in total. The van der Waals surface area contributed by atoms with Gasteiger partial charge in [-0.2, -0.15) is 0 Å². The molecule has 1 atom stereocenters. The molecule has 0 fully saturated rings. The van der Waals surface area contributed by atoms with Crippen LogP contribution >= 0.6 is 0 Å². The maximum atomic E-state index is 9.39. The van der Waals surface area contributed by atoms with Gasteiger partial charge in [-0.1, -0.05) is 0 Å². The van der Waals surface area contributed by atoms with Crippen molar-refractivity contribution in [2.24, 2.45) is 5.73 Å². The van der Waals surface area contributed by atoms with Crippen LogP contribution in [0.3, 0.4) is 0 Å². The highest BCUT2D eigenvalue weighted by Crippen LogP contribution is 2.04. The Morgan fingerprint density at radius 1 is 1.38 bits per heavy atom. The van der Waals surface area contributed by atoms with Crippen molar-refractivity contribution in [3.05, 3.63) is 0 Å². The Bertz CT molecular complexity index is 129. The van der Waals surface area contributed by atoms with Crippen molar-refractivity contribution < 1.29 is 15.3 Å². The van der Waals surface area contributed by atoms with Crippen LogP contribution < -0.4 is 11.1 Å². The van der Waals surface area contributed by atoms with E-state index in [0.717, 1.165) is 0 Å². The first-order valence-corrected chi connectivity index (χ1v) is 4.45. The summed E-state index contributed by atoms with van der Waals surface area (Å²) in [6, 6.07) is 0. The van der Waals surface area contributed by atoms with Crippen molar-refractivity contribution in [2.45, 2.75) is 31.5 Å². The van der Waals surface area contributed by atoms with Gasteiger partial charge in [-0.15, -0.1) is 0 Å². The zero-order chi connectivity index (χ0) is 10.3. The summed E-state index contributed by atoms with van der Waals surface area (Å²) in [7, 11) is 0. The van der Waals surface area contributed by atoms with Crippen molar-refractivity contribution in [2.75, 3.05) is 19.8 Å². The maximum absolute atomic E-state index is 9.39. The summed E-state index contributed by atoms with van der Waals surface area (Å²) in [5, 5.41) is 29.9. The quantitative estimate of drug-likeness (QED) is 0.312. The molecule has 0 amide bonds. The Labute approximate surface area is 78.6 Å². The fourth-order valence-electron chi connectivity index (χ4n) is 0.927. The van der Waals surface area contributed by atoms with Gasteiger partial charge in [0.15, 0.2) is 0 Å². The SMILES string of the molecule is CC(CO)(CO)NC(O)CCCN. The average molecular weight is 192 g/mol. The lowest BCUT2D eigenvalue weighted by Crippen LogP contribution is -2.53. The summed E-state index contributed by atoms with van der Waals surface area (Å²) >= 11 is 0. The fourth-order valence-corrected chi connectivity index (χ4v) is 0.927. The molecule has 0 aliphatic carbocycles. The highest BCUT2D eigenvalue weighted by atomic mass is 16.3. The van der Waals surface area contributed by atoms with Gasteiger partial charge in [0.1, 0.15) is 6.23 Å². The Hall–Kier alpha value is -0.200. The lowest BCUT2D eigenvalue weighted by atomic mass is 10.0. The van der Waals surface area contributed by atoms with Crippen LogP contribution in [-0.4, -0.2) is 46.8 Å².